The first-order valence-electron chi connectivity index (χ1n) is 4.49. The average Bonchev–Trinajstić information content (AvgIpc) is 2.75. The summed E-state index contributed by atoms with van der Waals surface area (Å²) >= 11 is 5.94. The van der Waals surface area contributed by atoms with E-state index in [9.17, 15) is 5.11 Å². The number of halogens is 1. The third kappa shape index (κ3) is 1.71. The third-order valence-corrected chi connectivity index (χ3v) is 2.52. The van der Waals surface area contributed by atoms with Crippen LogP contribution in [-0.4, -0.2) is 11.9 Å². The average molecular weight is 238 g/mol. The van der Waals surface area contributed by atoms with Crippen LogP contribution in [0.2, 0.25) is 5.02 Å². The zero-order chi connectivity index (χ0) is 11.7. The molecule has 1 unspecified atom stereocenters. The monoisotopic (exact) mass is 237 g/mol. The smallest absolute Gasteiger partial charge is 0.231 e. The van der Waals surface area contributed by atoms with Gasteiger partial charge in [0, 0.05) is 0 Å². The van der Waals surface area contributed by atoms with Crippen LogP contribution in [0.25, 0.3) is 0 Å². The summed E-state index contributed by atoms with van der Waals surface area (Å²) in [6, 6.07) is 4.91. The molecule has 1 aromatic carbocycles. The van der Waals surface area contributed by atoms with Gasteiger partial charge in [-0.3, -0.25) is 0 Å². The number of hydrogen-bond acceptors (Lipinski definition) is 4. The highest BCUT2D eigenvalue weighted by Crippen LogP contribution is 2.41. The van der Waals surface area contributed by atoms with Gasteiger partial charge in [0.05, 0.1) is 16.7 Å². The molecule has 0 saturated heterocycles. The summed E-state index contributed by atoms with van der Waals surface area (Å²) in [4.78, 5) is 0. The fourth-order valence-electron chi connectivity index (χ4n) is 1.41. The van der Waals surface area contributed by atoms with Crippen LogP contribution in [0, 0.1) is 11.3 Å². The summed E-state index contributed by atoms with van der Waals surface area (Å²) in [5.41, 5.74) is 0.510. The molecule has 0 amide bonds. The fourth-order valence-corrected chi connectivity index (χ4v) is 1.68. The number of ether oxygens (including phenoxy) is 2. The van der Waals surface area contributed by atoms with E-state index in [0.717, 1.165) is 0 Å². The van der Waals surface area contributed by atoms with Crippen molar-refractivity contribution in [2.45, 2.75) is 6.10 Å². The van der Waals surface area contributed by atoms with Crippen molar-refractivity contribution in [3.63, 3.8) is 0 Å². The SMILES string of the molecule is C=C(C#N)C(O)c1cc(Cl)c2c(c1)OCO2. The van der Waals surface area contributed by atoms with Crippen LogP contribution in [0.3, 0.4) is 0 Å². The van der Waals surface area contributed by atoms with Crippen molar-refractivity contribution in [1.29, 1.82) is 5.26 Å². The maximum Gasteiger partial charge on any atom is 0.231 e. The largest absolute Gasteiger partial charge is 0.454 e. The molecule has 1 atom stereocenters. The first-order valence-corrected chi connectivity index (χ1v) is 4.87. The first kappa shape index (κ1) is 10.8. The van der Waals surface area contributed by atoms with E-state index in [1.165, 1.54) is 6.07 Å². The summed E-state index contributed by atoms with van der Waals surface area (Å²) in [6.07, 6.45) is -1.07. The fraction of sp³-hybridized carbons (Fsp3) is 0.182. The van der Waals surface area contributed by atoms with E-state index in [4.69, 9.17) is 26.3 Å². The van der Waals surface area contributed by atoms with Gasteiger partial charge in [0.15, 0.2) is 11.5 Å². The molecule has 0 spiro atoms. The molecule has 0 fully saturated rings. The lowest BCUT2D eigenvalue weighted by molar-refractivity contribution is 0.173. The lowest BCUT2D eigenvalue weighted by atomic mass is 10.0. The topological polar surface area (TPSA) is 62.5 Å². The predicted octanol–water partition coefficient (Wildman–Crippen LogP) is 2.18. The van der Waals surface area contributed by atoms with Crippen LogP contribution in [-0.2, 0) is 0 Å². The lowest BCUT2D eigenvalue weighted by Gasteiger charge is -2.10. The summed E-state index contributed by atoms with van der Waals surface area (Å²) < 4.78 is 10.3. The van der Waals surface area contributed by atoms with E-state index in [1.807, 2.05) is 0 Å². The Balaban J connectivity index is 2.41. The molecular formula is C11H8ClNO3. The van der Waals surface area contributed by atoms with Gasteiger partial charge in [0.25, 0.3) is 0 Å². The normalized spacial score (nSPS) is 14.3. The Morgan fingerprint density at radius 1 is 1.56 bits per heavy atom. The van der Waals surface area contributed by atoms with Gasteiger partial charge < -0.3 is 14.6 Å². The van der Waals surface area contributed by atoms with Gasteiger partial charge in [0.2, 0.25) is 6.79 Å². The molecule has 4 nitrogen and oxygen atoms in total. The summed E-state index contributed by atoms with van der Waals surface area (Å²) in [5.74, 6) is 0.924. The third-order valence-electron chi connectivity index (χ3n) is 2.24. The lowest BCUT2D eigenvalue weighted by Crippen LogP contribution is -1.99. The summed E-state index contributed by atoms with van der Waals surface area (Å²) in [7, 11) is 0. The molecule has 0 aliphatic carbocycles. The van der Waals surface area contributed by atoms with E-state index in [0.29, 0.717) is 22.1 Å². The van der Waals surface area contributed by atoms with Crippen molar-refractivity contribution in [1.82, 2.24) is 0 Å². The van der Waals surface area contributed by atoms with Crippen LogP contribution < -0.4 is 9.47 Å². The van der Waals surface area contributed by atoms with Gasteiger partial charge >= 0.3 is 0 Å². The standard InChI is InChI=1S/C11H8ClNO3/c1-6(4-13)10(14)7-2-8(12)11-9(3-7)15-5-16-11/h2-3,10,14H,1,5H2. The minimum atomic E-state index is -1.07. The molecular weight excluding hydrogens is 230 g/mol. The Morgan fingerprint density at radius 3 is 3.00 bits per heavy atom. The quantitative estimate of drug-likeness (QED) is 0.801. The minimum Gasteiger partial charge on any atom is -0.454 e. The number of aliphatic hydroxyl groups excluding tert-OH is 1. The highest BCUT2D eigenvalue weighted by Gasteiger charge is 2.21. The van der Waals surface area contributed by atoms with Crippen LogP contribution in [0.4, 0.5) is 0 Å². The van der Waals surface area contributed by atoms with Gasteiger partial charge in [0.1, 0.15) is 6.10 Å². The summed E-state index contributed by atoms with van der Waals surface area (Å²) in [5, 5.41) is 18.7. The Kier molecular flexibility index (Phi) is 2.73. The zero-order valence-electron chi connectivity index (χ0n) is 8.24. The van der Waals surface area contributed by atoms with Gasteiger partial charge in [-0.1, -0.05) is 18.2 Å². The molecule has 16 heavy (non-hydrogen) atoms. The zero-order valence-corrected chi connectivity index (χ0v) is 8.99. The molecule has 2 rings (SSSR count). The van der Waals surface area contributed by atoms with Gasteiger partial charge in [-0.2, -0.15) is 5.26 Å². The molecule has 1 N–H and O–H groups in total. The van der Waals surface area contributed by atoms with Crippen LogP contribution in [0.1, 0.15) is 11.7 Å². The van der Waals surface area contributed by atoms with Crippen LogP contribution in [0.15, 0.2) is 24.3 Å². The summed E-state index contributed by atoms with van der Waals surface area (Å²) in [6.45, 7) is 3.55. The molecule has 0 saturated carbocycles. The molecule has 0 radical (unpaired) electrons. The second-order valence-electron chi connectivity index (χ2n) is 3.28. The van der Waals surface area contributed by atoms with Crippen molar-refractivity contribution in [3.05, 3.63) is 34.9 Å². The van der Waals surface area contributed by atoms with Crippen molar-refractivity contribution < 1.29 is 14.6 Å². The van der Waals surface area contributed by atoms with E-state index in [1.54, 1.807) is 12.1 Å². The molecule has 1 aromatic rings. The second-order valence-corrected chi connectivity index (χ2v) is 3.68. The molecule has 1 aliphatic heterocycles. The van der Waals surface area contributed by atoms with Crippen molar-refractivity contribution >= 4 is 11.6 Å². The van der Waals surface area contributed by atoms with E-state index in [-0.39, 0.29) is 12.4 Å². The molecule has 0 aromatic heterocycles. The Labute approximate surface area is 97.3 Å². The van der Waals surface area contributed by atoms with Crippen molar-refractivity contribution in [2.24, 2.45) is 0 Å². The maximum absolute atomic E-state index is 9.77. The van der Waals surface area contributed by atoms with Crippen LogP contribution >= 0.6 is 11.6 Å². The molecule has 1 aliphatic rings. The second kappa shape index (κ2) is 4.05. The Morgan fingerprint density at radius 2 is 2.31 bits per heavy atom. The number of aliphatic hydroxyl groups is 1. The number of benzene rings is 1. The molecule has 0 bridgehead atoms. The van der Waals surface area contributed by atoms with Gasteiger partial charge in [-0.05, 0) is 17.7 Å². The number of rotatable bonds is 2. The van der Waals surface area contributed by atoms with E-state index >= 15 is 0 Å². The molecule has 82 valence electrons. The van der Waals surface area contributed by atoms with Crippen LogP contribution in [0.5, 0.6) is 11.5 Å². The minimum absolute atomic E-state index is 0.0509. The first-order chi connectivity index (χ1) is 7.63. The van der Waals surface area contributed by atoms with Gasteiger partial charge in [-0.25, -0.2) is 0 Å². The maximum atomic E-state index is 9.77. The van der Waals surface area contributed by atoms with Crippen molar-refractivity contribution in [2.75, 3.05) is 6.79 Å². The Hall–Kier alpha value is -1.70. The van der Waals surface area contributed by atoms with Crippen molar-refractivity contribution in [3.8, 4) is 17.6 Å². The number of nitrogens with zero attached hydrogens (tertiary/aromatic N) is 1. The predicted molar refractivity (Wildman–Crippen MR) is 57.3 cm³/mol. The number of nitriles is 1. The van der Waals surface area contributed by atoms with E-state index in [2.05, 4.69) is 6.58 Å². The van der Waals surface area contributed by atoms with E-state index < -0.39 is 6.10 Å². The number of fused-ring (bicyclic) bond motifs is 1. The van der Waals surface area contributed by atoms with Gasteiger partial charge in [-0.15, -0.1) is 0 Å². The highest BCUT2D eigenvalue weighted by atomic mass is 35.5. The highest BCUT2D eigenvalue weighted by molar-refractivity contribution is 6.32. The number of hydrogen-bond donors (Lipinski definition) is 1. The molecule has 1 heterocycles. The molecule has 5 heteroatoms. The Bertz CT molecular complexity index is 493.